The highest BCUT2D eigenvalue weighted by molar-refractivity contribution is 6.32. The first-order valence-corrected chi connectivity index (χ1v) is 6.35. The van der Waals surface area contributed by atoms with Crippen molar-refractivity contribution in [3.05, 3.63) is 62.7 Å². The third-order valence-corrected chi connectivity index (χ3v) is 3.17. The lowest BCUT2D eigenvalue weighted by atomic mass is 10.1. The minimum absolute atomic E-state index is 0.124. The minimum Gasteiger partial charge on any atom is -0.348 e. The molecule has 8 heteroatoms. The number of hydrogen-bond acceptors (Lipinski definition) is 5. The van der Waals surface area contributed by atoms with Crippen molar-refractivity contribution in [2.24, 2.45) is 0 Å². The molecule has 0 aliphatic rings. The lowest BCUT2D eigenvalue weighted by Crippen LogP contribution is -2.24. The summed E-state index contributed by atoms with van der Waals surface area (Å²) in [5.74, 6) is -0.589. The fraction of sp³-hybridized carbons (Fsp3) is 0.154. The van der Waals surface area contributed by atoms with Gasteiger partial charge in [-0.15, -0.1) is 0 Å². The van der Waals surface area contributed by atoms with Gasteiger partial charge in [-0.05, 0) is 30.2 Å². The van der Waals surface area contributed by atoms with Crippen LogP contribution in [0.15, 0.2) is 30.7 Å². The quantitative estimate of drug-likeness (QED) is 0.531. The molecule has 0 spiro atoms. The number of aryl methyl sites for hydroxylation is 1. The van der Waals surface area contributed by atoms with E-state index in [0.717, 1.165) is 11.1 Å². The van der Waals surface area contributed by atoms with Crippen LogP contribution >= 0.6 is 11.6 Å². The average molecular weight is 307 g/mol. The van der Waals surface area contributed by atoms with Gasteiger partial charge in [0.05, 0.1) is 4.92 Å². The third kappa shape index (κ3) is 3.32. The van der Waals surface area contributed by atoms with E-state index >= 15 is 0 Å². The third-order valence-electron chi connectivity index (χ3n) is 2.89. The van der Waals surface area contributed by atoms with Crippen LogP contribution in [0.25, 0.3) is 0 Å². The summed E-state index contributed by atoms with van der Waals surface area (Å²) < 4.78 is 0. The van der Waals surface area contributed by atoms with Crippen molar-refractivity contribution in [2.75, 3.05) is 0 Å². The number of pyridine rings is 2. The zero-order chi connectivity index (χ0) is 15.4. The summed E-state index contributed by atoms with van der Waals surface area (Å²) in [5.41, 5.74) is 1.17. The molecule has 0 unspecified atom stereocenters. The Labute approximate surface area is 125 Å². The SMILES string of the molecule is Cc1ccncc1CNC(=O)c1ccnc(Cl)c1[N+](=O)[O-]. The largest absolute Gasteiger partial charge is 0.348 e. The van der Waals surface area contributed by atoms with Crippen LogP contribution in [0.3, 0.4) is 0 Å². The van der Waals surface area contributed by atoms with Crippen molar-refractivity contribution in [3.63, 3.8) is 0 Å². The lowest BCUT2D eigenvalue weighted by molar-refractivity contribution is -0.385. The number of halogens is 1. The highest BCUT2D eigenvalue weighted by Gasteiger charge is 2.24. The summed E-state index contributed by atoms with van der Waals surface area (Å²) in [6.07, 6.45) is 4.53. The van der Waals surface area contributed by atoms with E-state index in [4.69, 9.17) is 11.6 Å². The first-order chi connectivity index (χ1) is 10.0. The fourth-order valence-electron chi connectivity index (χ4n) is 1.74. The van der Waals surface area contributed by atoms with Crippen molar-refractivity contribution in [2.45, 2.75) is 13.5 Å². The maximum atomic E-state index is 12.1. The molecule has 0 aromatic carbocycles. The molecule has 2 aromatic heterocycles. The van der Waals surface area contributed by atoms with E-state index in [1.165, 1.54) is 12.3 Å². The van der Waals surface area contributed by atoms with Crippen LogP contribution in [-0.2, 0) is 6.54 Å². The summed E-state index contributed by atoms with van der Waals surface area (Å²) in [6.45, 7) is 2.10. The number of aromatic nitrogens is 2. The molecule has 0 atom stereocenters. The normalized spacial score (nSPS) is 10.2. The number of rotatable bonds is 4. The van der Waals surface area contributed by atoms with E-state index in [9.17, 15) is 14.9 Å². The van der Waals surface area contributed by atoms with Gasteiger partial charge in [0.2, 0.25) is 5.15 Å². The predicted molar refractivity (Wildman–Crippen MR) is 76.0 cm³/mol. The van der Waals surface area contributed by atoms with Gasteiger partial charge in [-0.1, -0.05) is 11.6 Å². The number of nitrogens with zero attached hydrogens (tertiary/aromatic N) is 3. The van der Waals surface area contributed by atoms with Crippen LogP contribution in [-0.4, -0.2) is 20.8 Å². The smallest absolute Gasteiger partial charge is 0.319 e. The van der Waals surface area contributed by atoms with Gasteiger partial charge >= 0.3 is 5.69 Å². The van der Waals surface area contributed by atoms with Crippen LogP contribution in [0, 0.1) is 17.0 Å². The lowest BCUT2D eigenvalue weighted by Gasteiger charge is -2.08. The van der Waals surface area contributed by atoms with E-state index < -0.39 is 16.5 Å². The van der Waals surface area contributed by atoms with Crippen LogP contribution < -0.4 is 5.32 Å². The Balaban J connectivity index is 2.20. The van der Waals surface area contributed by atoms with Gasteiger partial charge in [0.15, 0.2) is 0 Å². The van der Waals surface area contributed by atoms with E-state index in [-0.39, 0.29) is 17.3 Å². The summed E-state index contributed by atoms with van der Waals surface area (Å²) in [7, 11) is 0. The van der Waals surface area contributed by atoms with Crippen molar-refractivity contribution >= 4 is 23.2 Å². The number of carbonyl (C=O) groups is 1. The van der Waals surface area contributed by atoms with Gasteiger partial charge in [0, 0.05) is 25.1 Å². The molecule has 2 rings (SSSR count). The number of amides is 1. The molecule has 0 aliphatic heterocycles. The molecular weight excluding hydrogens is 296 g/mol. The molecule has 2 heterocycles. The van der Waals surface area contributed by atoms with Gasteiger partial charge in [-0.2, -0.15) is 0 Å². The van der Waals surface area contributed by atoms with E-state index in [0.29, 0.717) is 0 Å². The molecule has 0 saturated carbocycles. The maximum absolute atomic E-state index is 12.1. The van der Waals surface area contributed by atoms with Gasteiger partial charge in [0.1, 0.15) is 5.56 Å². The van der Waals surface area contributed by atoms with Crippen molar-refractivity contribution in [1.82, 2.24) is 15.3 Å². The number of nitro groups is 1. The molecule has 1 N–H and O–H groups in total. The van der Waals surface area contributed by atoms with Crippen molar-refractivity contribution < 1.29 is 9.72 Å². The molecule has 1 amide bonds. The van der Waals surface area contributed by atoms with E-state index in [1.54, 1.807) is 12.4 Å². The van der Waals surface area contributed by atoms with Crippen LogP contribution in [0.2, 0.25) is 5.15 Å². The number of hydrogen-bond donors (Lipinski definition) is 1. The van der Waals surface area contributed by atoms with E-state index in [1.807, 2.05) is 13.0 Å². The summed E-state index contributed by atoms with van der Waals surface area (Å²) in [4.78, 5) is 29.9. The molecule has 108 valence electrons. The maximum Gasteiger partial charge on any atom is 0.319 e. The van der Waals surface area contributed by atoms with Crippen LogP contribution in [0.4, 0.5) is 5.69 Å². The first kappa shape index (κ1) is 14.9. The molecule has 0 saturated heterocycles. The van der Waals surface area contributed by atoms with E-state index in [2.05, 4.69) is 15.3 Å². The average Bonchev–Trinajstić information content (AvgIpc) is 2.45. The van der Waals surface area contributed by atoms with Gasteiger partial charge < -0.3 is 5.32 Å². The Morgan fingerprint density at radius 3 is 2.86 bits per heavy atom. The summed E-state index contributed by atoms with van der Waals surface area (Å²) in [6, 6.07) is 3.07. The standard InChI is InChI=1S/C13H11ClN4O3/c1-8-2-4-15-6-9(8)7-17-13(19)10-3-5-16-12(14)11(10)18(20)21/h2-6H,7H2,1H3,(H,17,19). The first-order valence-electron chi connectivity index (χ1n) is 5.97. The van der Waals surface area contributed by atoms with Gasteiger partial charge in [-0.3, -0.25) is 19.9 Å². The minimum atomic E-state index is -0.723. The van der Waals surface area contributed by atoms with Crippen molar-refractivity contribution in [3.8, 4) is 0 Å². The second-order valence-corrected chi connectivity index (χ2v) is 4.60. The second kappa shape index (κ2) is 6.27. The molecule has 2 aromatic rings. The highest BCUT2D eigenvalue weighted by Crippen LogP contribution is 2.25. The van der Waals surface area contributed by atoms with Gasteiger partial charge in [0.25, 0.3) is 5.91 Å². The second-order valence-electron chi connectivity index (χ2n) is 4.24. The molecule has 0 aliphatic carbocycles. The fourth-order valence-corrected chi connectivity index (χ4v) is 1.96. The molecular formula is C13H11ClN4O3. The Bertz CT molecular complexity index is 706. The van der Waals surface area contributed by atoms with Crippen LogP contribution in [0.5, 0.6) is 0 Å². The van der Waals surface area contributed by atoms with Crippen LogP contribution in [0.1, 0.15) is 21.5 Å². The Kier molecular flexibility index (Phi) is 4.44. The predicted octanol–water partition coefficient (Wildman–Crippen LogP) is 2.28. The molecule has 0 radical (unpaired) electrons. The van der Waals surface area contributed by atoms with Crippen molar-refractivity contribution in [1.29, 1.82) is 0 Å². The summed E-state index contributed by atoms with van der Waals surface area (Å²) in [5, 5.41) is 13.3. The molecule has 21 heavy (non-hydrogen) atoms. The molecule has 0 bridgehead atoms. The zero-order valence-electron chi connectivity index (χ0n) is 11.0. The summed E-state index contributed by atoms with van der Waals surface area (Å²) >= 11 is 5.67. The monoisotopic (exact) mass is 306 g/mol. The topological polar surface area (TPSA) is 98.0 Å². The highest BCUT2D eigenvalue weighted by atomic mass is 35.5. The number of nitrogens with one attached hydrogen (secondary N) is 1. The number of carbonyl (C=O) groups excluding carboxylic acids is 1. The Hall–Kier alpha value is -2.54. The molecule has 7 nitrogen and oxygen atoms in total. The zero-order valence-corrected chi connectivity index (χ0v) is 11.8. The Morgan fingerprint density at radius 2 is 2.19 bits per heavy atom. The molecule has 0 fully saturated rings. The Morgan fingerprint density at radius 1 is 1.43 bits per heavy atom. The van der Waals surface area contributed by atoms with Gasteiger partial charge in [-0.25, -0.2) is 4.98 Å².